The fraction of sp³-hybridized carbons (Fsp3) is 0.286. The summed E-state index contributed by atoms with van der Waals surface area (Å²) in [6, 6.07) is 14.1. The Morgan fingerprint density at radius 3 is 2.46 bits per heavy atom. The van der Waals surface area contributed by atoms with Crippen molar-refractivity contribution in [3.8, 4) is 0 Å². The van der Waals surface area contributed by atoms with Crippen molar-refractivity contribution in [2.75, 3.05) is 31.2 Å². The summed E-state index contributed by atoms with van der Waals surface area (Å²) in [7, 11) is 0. The molecule has 3 nitrogen and oxygen atoms in total. The Bertz CT molecular complexity index is 741. The molecule has 2 aromatic carbocycles. The topological polar surface area (TPSA) is 29.5 Å². The third-order valence-corrected chi connectivity index (χ3v) is 4.38. The molecule has 1 heterocycles. The van der Waals surface area contributed by atoms with Crippen LogP contribution in [0.25, 0.3) is 6.08 Å². The first-order valence-corrected chi connectivity index (χ1v) is 8.36. The molecule has 0 aromatic heterocycles. The maximum absolute atomic E-state index is 12.4. The van der Waals surface area contributed by atoms with Crippen molar-refractivity contribution in [3.63, 3.8) is 0 Å². The van der Waals surface area contributed by atoms with E-state index in [0.29, 0.717) is 5.56 Å². The molecule has 0 amide bonds. The van der Waals surface area contributed by atoms with Crippen LogP contribution in [0.1, 0.15) is 27.0 Å². The van der Waals surface area contributed by atoms with E-state index in [2.05, 4.69) is 36.9 Å². The lowest BCUT2D eigenvalue weighted by Crippen LogP contribution is -2.36. The summed E-state index contributed by atoms with van der Waals surface area (Å²) in [6.07, 6.45) is 3.56. The average Bonchev–Trinajstić information content (AvgIpc) is 2.63. The van der Waals surface area contributed by atoms with Crippen molar-refractivity contribution in [1.29, 1.82) is 0 Å². The zero-order chi connectivity index (χ0) is 16.9. The Morgan fingerprint density at radius 1 is 1.04 bits per heavy atom. The van der Waals surface area contributed by atoms with E-state index in [4.69, 9.17) is 4.74 Å². The Labute approximate surface area is 143 Å². The number of rotatable bonds is 4. The molecular weight excluding hydrogens is 298 g/mol. The number of carbonyl (C=O) groups excluding carboxylic acids is 1. The van der Waals surface area contributed by atoms with E-state index < -0.39 is 0 Å². The normalized spacial score (nSPS) is 15.0. The zero-order valence-electron chi connectivity index (χ0n) is 14.3. The van der Waals surface area contributed by atoms with E-state index in [-0.39, 0.29) is 5.78 Å². The van der Waals surface area contributed by atoms with Crippen LogP contribution in [-0.2, 0) is 4.74 Å². The van der Waals surface area contributed by atoms with Gasteiger partial charge < -0.3 is 9.64 Å². The van der Waals surface area contributed by atoms with E-state index in [1.807, 2.05) is 30.3 Å². The molecule has 0 spiro atoms. The second kappa shape index (κ2) is 7.45. The number of hydrogen-bond donors (Lipinski definition) is 0. The van der Waals surface area contributed by atoms with Crippen LogP contribution >= 0.6 is 0 Å². The summed E-state index contributed by atoms with van der Waals surface area (Å²) < 4.78 is 5.37. The van der Waals surface area contributed by atoms with Gasteiger partial charge in [0.05, 0.1) is 13.2 Å². The van der Waals surface area contributed by atoms with Gasteiger partial charge in [-0.2, -0.15) is 0 Å². The Hall–Kier alpha value is -2.39. The molecule has 3 heteroatoms. The van der Waals surface area contributed by atoms with Gasteiger partial charge in [-0.15, -0.1) is 0 Å². The highest BCUT2D eigenvalue weighted by Gasteiger charge is 2.11. The second-order valence-corrected chi connectivity index (χ2v) is 6.20. The van der Waals surface area contributed by atoms with Crippen molar-refractivity contribution in [3.05, 3.63) is 70.8 Å². The maximum Gasteiger partial charge on any atom is 0.185 e. The minimum absolute atomic E-state index is 0.0319. The minimum Gasteiger partial charge on any atom is -0.378 e. The number of aryl methyl sites for hydroxylation is 2. The molecule has 0 N–H and O–H groups in total. The number of benzene rings is 2. The van der Waals surface area contributed by atoms with E-state index >= 15 is 0 Å². The number of ketones is 1. The Morgan fingerprint density at radius 2 is 1.75 bits per heavy atom. The van der Waals surface area contributed by atoms with Gasteiger partial charge >= 0.3 is 0 Å². The molecule has 0 unspecified atom stereocenters. The van der Waals surface area contributed by atoms with Crippen LogP contribution in [0.2, 0.25) is 0 Å². The average molecular weight is 321 g/mol. The van der Waals surface area contributed by atoms with Gasteiger partial charge in [-0.05, 0) is 55.3 Å². The highest BCUT2D eigenvalue weighted by atomic mass is 16.5. The number of carbonyl (C=O) groups is 1. The maximum atomic E-state index is 12.4. The van der Waals surface area contributed by atoms with E-state index in [0.717, 1.165) is 37.6 Å². The molecule has 24 heavy (non-hydrogen) atoms. The molecule has 0 saturated carbocycles. The molecule has 2 aromatic rings. The lowest BCUT2D eigenvalue weighted by atomic mass is 10.0. The van der Waals surface area contributed by atoms with Crippen LogP contribution < -0.4 is 4.90 Å². The van der Waals surface area contributed by atoms with Gasteiger partial charge in [-0.25, -0.2) is 0 Å². The third-order valence-electron chi connectivity index (χ3n) is 4.38. The predicted molar refractivity (Wildman–Crippen MR) is 98.8 cm³/mol. The molecular formula is C21H23NO2. The smallest absolute Gasteiger partial charge is 0.185 e. The molecule has 1 fully saturated rings. The summed E-state index contributed by atoms with van der Waals surface area (Å²) in [4.78, 5) is 14.7. The summed E-state index contributed by atoms with van der Waals surface area (Å²) in [6.45, 7) is 7.45. The largest absolute Gasteiger partial charge is 0.378 e. The van der Waals surface area contributed by atoms with E-state index in [9.17, 15) is 4.79 Å². The second-order valence-electron chi connectivity index (χ2n) is 6.20. The summed E-state index contributed by atoms with van der Waals surface area (Å²) in [5.41, 5.74) is 5.32. The highest BCUT2D eigenvalue weighted by Crippen LogP contribution is 2.18. The Kier molecular flexibility index (Phi) is 5.11. The van der Waals surface area contributed by atoms with E-state index in [1.54, 1.807) is 6.08 Å². The van der Waals surface area contributed by atoms with Crippen LogP contribution in [0.15, 0.2) is 48.5 Å². The van der Waals surface area contributed by atoms with Gasteiger partial charge in [-0.3, -0.25) is 4.79 Å². The van der Waals surface area contributed by atoms with Gasteiger partial charge in [0, 0.05) is 24.3 Å². The van der Waals surface area contributed by atoms with Crippen molar-refractivity contribution in [2.45, 2.75) is 13.8 Å². The van der Waals surface area contributed by atoms with E-state index in [1.165, 1.54) is 11.1 Å². The molecule has 1 aliphatic heterocycles. The fourth-order valence-corrected chi connectivity index (χ4v) is 2.86. The monoisotopic (exact) mass is 321 g/mol. The number of hydrogen-bond acceptors (Lipinski definition) is 3. The van der Waals surface area contributed by atoms with Gasteiger partial charge in [0.2, 0.25) is 0 Å². The first kappa shape index (κ1) is 16.5. The molecule has 1 saturated heterocycles. The summed E-state index contributed by atoms with van der Waals surface area (Å²) in [5, 5.41) is 0. The van der Waals surface area contributed by atoms with Crippen molar-refractivity contribution in [1.82, 2.24) is 0 Å². The number of allylic oxidation sites excluding steroid dienone is 1. The summed E-state index contributed by atoms with van der Waals surface area (Å²) in [5.74, 6) is 0.0319. The minimum atomic E-state index is 0.0319. The standard InChI is InChI=1S/C21H23NO2/c1-16-3-4-17(2)19(15-16)7-10-21(23)18-5-8-20(9-6-18)22-11-13-24-14-12-22/h3-10,15H,11-14H2,1-2H3. The highest BCUT2D eigenvalue weighted by molar-refractivity contribution is 6.07. The zero-order valence-corrected chi connectivity index (χ0v) is 14.3. The summed E-state index contributed by atoms with van der Waals surface area (Å²) >= 11 is 0. The van der Waals surface area contributed by atoms with Gasteiger partial charge in [0.1, 0.15) is 0 Å². The quantitative estimate of drug-likeness (QED) is 0.629. The van der Waals surface area contributed by atoms with Crippen molar-refractivity contribution >= 4 is 17.5 Å². The van der Waals surface area contributed by atoms with Crippen molar-refractivity contribution < 1.29 is 9.53 Å². The van der Waals surface area contributed by atoms with Crippen LogP contribution in [-0.4, -0.2) is 32.1 Å². The SMILES string of the molecule is Cc1ccc(C)c(C=CC(=O)c2ccc(N3CCOCC3)cc2)c1. The molecule has 0 atom stereocenters. The molecule has 0 bridgehead atoms. The van der Waals surface area contributed by atoms with Gasteiger partial charge in [-0.1, -0.05) is 29.8 Å². The Balaban J connectivity index is 1.70. The number of nitrogens with zero attached hydrogens (tertiary/aromatic N) is 1. The fourth-order valence-electron chi connectivity index (χ4n) is 2.86. The lowest BCUT2D eigenvalue weighted by molar-refractivity contribution is 0.104. The van der Waals surface area contributed by atoms with Crippen LogP contribution in [0.4, 0.5) is 5.69 Å². The third kappa shape index (κ3) is 3.92. The molecule has 1 aliphatic rings. The van der Waals surface area contributed by atoms with Crippen LogP contribution in [0.3, 0.4) is 0 Å². The molecule has 124 valence electrons. The lowest BCUT2D eigenvalue weighted by Gasteiger charge is -2.28. The van der Waals surface area contributed by atoms with Crippen molar-refractivity contribution in [2.24, 2.45) is 0 Å². The number of anilines is 1. The first-order valence-electron chi connectivity index (χ1n) is 8.36. The first-order chi connectivity index (χ1) is 11.6. The van der Waals surface area contributed by atoms with Crippen LogP contribution in [0.5, 0.6) is 0 Å². The number of ether oxygens (including phenoxy) is 1. The molecule has 0 aliphatic carbocycles. The molecule has 0 radical (unpaired) electrons. The van der Waals surface area contributed by atoms with Gasteiger partial charge in [0.25, 0.3) is 0 Å². The van der Waals surface area contributed by atoms with Gasteiger partial charge in [0.15, 0.2) is 5.78 Å². The molecule has 3 rings (SSSR count). The predicted octanol–water partition coefficient (Wildman–Crippen LogP) is 4.04. The van der Waals surface area contributed by atoms with Crippen LogP contribution in [0, 0.1) is 13.8 Å². The number of morpholine rings is 1.